The maximum absolute atomic E-state index is 12.9. The first-order valence-corrected chi connectivity index (χ1v) is 10.5. The number of hydrogen-bond donors (Lipinski definition) is 3. The Morgan fingerprint density at radius 3 is 2.53 bits per heavy atom. The van der Waals surface area contributed by atoms with Crippen LogP contribution in [0.1, 0.15) is 36.5 Å². The van der Waals surface area contributed by atoms with Gasteiger partial charge in [0.1, 0.15) is 18.4 Å². The summed E-state index contributed by atoms with van der Waals surface area (Å²) in [4.78, 5) is 63.0. The first-order valence-electron chi connectivity index (χ1n) is 10.1. The normalized spacial score (nSPS) is 17.2. The van der Waals surface area contributed by atoms with E-state index in [1.54, 1.807) is 17.0 Å². The molecule has 0 saturated carbocycles. The Kier molecular flexibility index (Phi) is 8.59. The Labute approximate surface area is 190 Å². The van der Waals surface area contributed by atoms with Crippen LogP contribution in [-0.2, 0) is 19.2 Å². The van der Waals surface area contributed by atoms with Crippen molar-refractivity contribution in [3.63, 3.8) is 0 Å². The number of benzene rings is 1. The minimum Gasteiger partial charge on any atom is -0.481 e. The van der Waals surface area contributed by atoms with Gasteiger partial charge in [-0.3, -0.25) is 19.2 Å². The molecule has 1 fully saturated rings. The molecule has 0 bridgehead atoms. The smallest absolute Gasteiger partial charge is 0.305 e. The van der Waals surface area contributed by atoms with Gasteiger partial charge < -0.3 is 30.3 Å². The lowest BCUT2D eigenvalue weighted by atomic mass is 10.1. The molecule has 0 aliphatic carbocycles. The van der Waals surface area contributed by atoms with Crippen molar-refractivity contribution in [1.82, 2.24) is 15.5 Å². The van der Waals surface area contributed by atoms with Crippen molar-refractivity contribution in [3.8, 4) is 0 Å². The molecule has 0 spiro atoms. The minimum absolute atomic E-state index is 0.290. The Bertz CT molecular complexity index is 906. The van der Waals surface area contributed by atoms with Gasteiger partial charge in [-0.25, -0.2) is 0 Å². The van der Waals surface area contributed by atoms with Gasteiger partial charge in [0.2, 0.25) is 11.8 Å². The third kappa shape index (κ3) is 6.19. The zero-order chi connectivity index (χ0) is 24.0. The van der Waals surface area contributed by atoms with Crippen LogP contribution in [0.15, 0.2) is 18.2 Å². The van der Waals surface area contributed by atoms with Crippen LogP contribution in [-0.4, -0.2) is 78.7 Å². The molecule has 174 valence electrons. The average Bonchev–Trinajstić information content (AvgIpc) is 3.21. The van der Waals surface area contributed by atoms with Crippen molar-refractivity contribution in [1.29, 1.82) is 0 Å². The number of rotatable bonds is 9. The fraction of sp³-hybridized carbons (Fsp3) is 0.476. The van der Waals surface area contributed by atoms with Crippen molar-refractivity contribution < 1.29 is 29.1 Å². The van der Waals surface area contributed by atoms with Crippen molar-refractivity contribution in [2.75, 3.05) is 25.5 Å². The molecule has 11 heteroatoms. The fourth-order valence-electron chi connectivity index (χ4n) is 3.50. The Balaban J connectivity index is 2.03. The van der Waals surface area contributed by atoms with Crippen LogP contribution in [0.3, 0.4) is 0 Å². The van der Waals surface area contributed by atoms with E-state index in [4.69, 9.17) is 16.7 Å². The van der Waals surface area contributed by atoms with E-state index < -0.39 is 48.2 Å². The second-order valence-electron chi connectivity index (χ2n) is 7.79. The number of hydrogen-bond acceptors (Lipinski definition) is 6. The molecule has 3 N–H and O–H groups in total. The molecule has 10 nitrogen and oxygen atoms in total. The van der Waals surface area contributed by atoms with Crippen molar-refractivity contribution in [3.05, 3.63) is 28.8 Å². The van der Waals surface area contributed by atoms with Crippen LogP contribution >= 0.6 is 11.6 Å². The Morgan fingerprint density at radius 2 is 1.97 bits per heavy atom. The van der Waals surface area contributed by atoms with Crippen LogP contribution in [0.4, 0.5) is 5.69 Å². The summed E-state index contributed by atoms with van der Waals surface area (Å²) in [6.07, 6.45) is 0.746. The quantitative estimate of drug-likeness (QED) is 0.455. The van der Waals surface area contributed by atoms with Crippen LogP contribution in [0.2, 0.25) is 5.02 Å². The lowest BCUT2D eigenvalue weighted by Crippen LogP contribution is -2.54. The second-order valence-corrected chi connectivity index (χ2v) is 8.20. The van der Waals surface area contributed by atoms with Gasteiger partial charge in [-0.05, 0) is 38.0 Å². The number of carboxylic acids is 1. The number of carboxylic acid groups (broad SMARTS) is 1. The monoisotopic (exact) mass is 466 g/mol. The molecule has 1 aromatic carbocycles. The molecule has 1 aromatic rings. The molecular weight excluding hydrogens is 440 g/mol. The van der Waals surface area contributed by atoms with Crippen molar-refractivity contribution >= 4 is 47.3 Å². The predicted molar refractivity (Wildman–Crippen MR) is 118 cm³/mol. The van der Waals surface area contributed by atoms with Gasteiger partial charge in [-0.15, -0.1) is 0 Å². The number of carbonyl (C=O) groups is 5. The van der Waals surface area contributed by atoms with E-state index in [0.717, 1.165) is 5.69 Å². The molecule has 32 heavy (non-hydrogen) atoms. The van der Waals surface area contributed by atoms with E-state index in [1.807, 2.05) is 14.1 Å². The third-order valence-corrected chi connectivity index (χ3v) is 5.44. The number of halogens is 1. The molecule has 3 atom stereocenters. The maximum atomic E-state index is 12.9. The number of likely N-dealkylation sites (tertiary alicyclic amines) is 1. The molecular formula is C21H27ClN4O6. The van der Waals surface area contributed by atoms with E-state index in [0.29, 0.717) is 36.3 Å². The molecule has 0 unspecified atom stereocenters. The topological polar surface area (TPSA) is 136 Å². The van der Waals surface area contributed by atoms with Crippen LogP contribution in [0, 0.1) is 0 Å². The average molecular weight is 467 g/mol. The maximum Gasteiger partial charge on any atom is 0.305 e. The highest BCUT2D eigenvalue weighted by Gasteiger charge is 2.37. The zero-order valence-corrected chi connectivity index (χ0v) is 18.9. The first kappa shape index (κ1) is 25.1. The summed E-state index contributed by atoms with van der Waals surface area (Å²) >= 11 is 6.21. The highest BCUT2D eigenvalue weighted by Crippen LogP contribution is 2.25. The van der Waals surface area contributed by atoms with Crippen molar-refractivity contribution in [2.45, 2.75) is 44.3 Å². The summed E-state index contributed by atoms with van der Waals surface area (Å²) < 4.78 is 0. The molecule has 2 rings (SSSR count). The summed E-state index contributed by atoms with van der Waals surface area (Å²) in [5, 5.41) is 14.2. The summed E-state index contributed by atoms with van der Waals surface area (Å²) in [6, 6.07) is 1.88. The molecule has 1 saturated heterocycles. The largest absolute Gasteiger partial charge is 0.481 e. The van der Waals surface area contributed by atoms with E-state index in [-0.39, 0.29) is 0 Å². The standard InChI is InChI=1S/C21H27ClN4O6/c1-12(23-19(30)13-6-7-16(25(2)3)15(22)9-13)21(32)26-8-4-5-17(26)20(31)24-14(11-27)10-18(28)29/h6-7,9,11-12,14,17H,4-5,8,10H2,1-3H3,(H,23,30)(H,24,31)(H,28,29)/t12-,14-,17-/m0/s1. The summed E-state index contributed by atoms with van der Waals surface area (Å²) in [5.41, 5.74) is 1.04. The van der Waals surface area contributed by atoms with Gasteiger partial charge in [0.15, 0.2) is 0 Å². The third-order valence-electron chi connectivity index (χ3n) is 5.13. The number of nitrogens with zero attached hydrogens (tertiary/aromatic N) is 2. The van der Waals surface area contributed by atoms with Gasteiger partial charge in [0.05, 0.1) is 23.2 Å². The van der Waals surface area contributed by atoms with Gasteiger partial charge in [0, 0.05) is 26.2 Å². The summed E-state index contributed by atoms with van der Waals surface area (Å²) in [6.45, 7) is 1.83. The van der Waals surface area contributed by atoms with E-state index >= 15 is 0 Å². The number of anilines is 1. The first-order chi connectivity index (χ1) is 15.0. The number of nitrogens with one attached hydrogen (secondary N) is 2. The van der Waals surface area contributed by atoms with Crippen LogP contribution in [0.5, 0.6) is 0 Å². The van der Waals surface area contributed by atoms with E-state index in [2.05, 4.69) is 10.6 Å². The summed E-state index contributed by atoms with van der Waals surface area (Å²) in [5.74, 6) is -2.76. The number of aldehydes is 1. The molecule has 0 radical (unpaired) electrons. The van der Waals surface area contributed by atoms with Crippen LogP contribution in [0.25, 0.3) is 0 Å². The highest BCUT2D eigenvalue weighted by atomic mass is 35.5. The van der Waals surface area contributed by atoms with Gasteiger partial charge in [0.25, 0.3) is 5.91 Å². The highest BCUT2D eigenvalue weighted by molar-refractivity contribution is 6.33. The molecule has 1 heterocycles. The van der Waals surface area contributed by atoms with Crippen LogP contribution < -0.4 is 15.5 Å². The molecule has 0 aromatic heterocycles. The Morgan fingerprint density at radius 1 is 1.28 bits per heavy atom. The minimum atomic E-state index is -1.23. The second kappa shape index (κ2) is 10.9. The SMILES string of the molecule is C[C@H](NC(=O)c1ccc(N(C)C)c(Cl)c1)C(=O)N1CCC[C@H]1C(=O)N[C@H](C=O)CC(=O)O. The van der Waals surface area contributed by atoms with Crippen molar-refractivity contribution in [2.24, 2.45) is 0 Å². The lowest BCUT2D eigenvalue weighted by Gasteiger charge is -2.28. The van der Waals surface area contributed by atoms with E-state index in [9.17, 15) is 24.0 Å². The number of amides is 3. The predicted octanol–water partition coefficient (Wildman–Crippen LogP) is 0.674. The van der Waals surface area contributed by atoms with Gasteiger partial charge in [-0.2, -0.15) is 0 Å². The fourth-order valence-corrected chi connectivity index (χ4v) is 3.85. The molecule has 1 aliphatic rings. The lowest BCUT2D eigenvalue weighted by molar-refractivity contribution is -0.141. The molecule has 3 amide bonds. The summed E-state index contributed by atoms with van der Waals surface area (Å²) in [7, 11) is 3.65. The van der Waals surface area contributed by atoms with Gasteiger partial charge in [-0.1, -0.05) is 11.6 Å². The zero-order valence-electron chi connectivity index (χ0n) is 18.1. The number of aliphatic carboxylic acids is 1. The molecule has 1 aliphatic heterocycles. The number of carbonyl (C=O) groups excluding carboxylic acids is 4. The van der Waals surface area contributed by atoms with E-state index in [1.165, 1.54) is 17.9 Å². The van der Waals surface area contributed by atoms with Gasteiger partial charge >= 0.3 is 5.97 Å². The Hall–Kier alpha value is -3.14.